The number of hydrogen-bond acceptors (Lipinski definition) is 3. The van der Waals surface area contributed by atoms with Crippen LogP contribution < -0.4 is 4.43 Å². The molecular weight excluding hydrogens is 270 g/mol. The summed E-state index contributed by atoms with van der Waals surface area (Å²) >= 11 is 0. The van der Waals surface area contributed by atoms with Crippen LogP contribution in [-0.2, 0) is 4.74 Å². The monoisotopic (exact) mass is 297 g/mol. The molecule has 20 heavy (non-hydrogen) atoms. The standard InChI is InChI=1S/C15H27NO3Si/c1-14(2,3)18-13(17)16-11-9-10-12(16)19-20(7,8)15(4,5)6/h9-11H,1-8H3. The van der Waals surface area contributed by atoms with E-state index in [0.717, 1.165) is 0 Å². The predicted octanol–water partition coefficient (Wildman–Crippen LogP) is 4.66. The Bertz CT molecular complexity index is 478. The second-order valence-electron chi connectivity index (χ2n) is 7.56. The molecule has 0 aliphatic carbocycles. The highest BCUT2D eigenvalue weighted by Gasteiger charge is 2.40. The van der Waals surface area contributed by atoms with Crippen molar-refractivity contribution in [1.82, 2.24) is 4.57 Å². The van der Waals surface area contributed by atoms with Crippen molar-refractivity contribution in [3.8, 4) is 5.88 Å². The Labute approximate surface area is 123 Å². The predicted molar refractivity (Wildman–Crippen MR) is 83.9 cm³/mol. The molecule has 4 nitrogen and oxygen atoms in total. The van der Waals surface area contributed by atoms with Crippen molar-refractivity contribution in [3.63, 3.8) is 0 Å². The van der Waals surface area contributed by atoms with Gasteiger partial charge >= 0.3 is 6.09 Å². The molecule has 1 aromatic heterocycles. The quantitative estimate of drug-likeness (QED) is 0.746. The summed E-state index contributed by atoms with van der Waals surface area (Å²) in [6.45, 7) is 16.4. The number of hydrogen-bond donors (Lipinski definition) is 0. The molecule has 1 heterocycles. The Morgan fingerprint density at radius 2 is 1.70 bits per heavy atom. The Morgan fingerprint density at radius 3 is 2.15 bits per heavy atom. The third-order valence-corrected chi connectivity index (χ3v) is 7.80. The summed E-state index contributed by atoms with van der Waals surface area (Å²) in [5.74, 6) is 0.561. The summed E-state index contributed by atoms with van der Waals surface area (Å²) in [5, 5.41) is 0.0794. The van der Waals surface area contributed by atoms with Gasteiger partial charge < -0.3 is 9.16 Å². The van der Waals surface area contributed by atoms with Crippen LogP contribution in [0.4, 0.5) is 4.79 Å². The Hall–Kier alpha value is -1.23. The van der Waals surface area contributed by atoms with Gasteiger partial charge in [-0.15, -0.1) is 0 Å². The summed E-state index contributed by atoms with van der Waals surface area (Å²) in [6, 6.07) is 3.61. The van der Waals surface area contributed by atoms with E-state index in [1.165, 1.54) is 4.57 Å². The Balaban J connectivity index is 2.96. The molecule has 0 saturated heterocycles. The minimum absolute atomic E-state index is 0.0794. The van der Waals surface area contributed by atoms with Crippen LogP contribution in [0.15, 0.2) is 18.3 Å². The van der Waals surface area contributed by atoms with Gasteiger partial charge in [-0.2, -0.15) is 0 Å². The number of aromatic nitrogens is 1. The van der Waals surface area contributed by atoms with Crippen LogP contribution in [0, 0.1) is 0 Å². The maximum Gasteiger partial charge on any atom is 0.421 e. The molecule has 0 amide bonds. The fraction of sp³-hybridized carbons (Fsp3) is 0.667. The van der Waals surface area contributed by atoms with Gasteiger partial charge in [0.05, 0.1) is 0 Å². The average molecular weight is 297 g/mol. The first-order valence-electron chi connectivity index (χ1n) is 6.93. The first-order valence-corrected chi connectivity index (χ1v) is 9.84. The third-order valence-electron chi connectivity index (χ3n) is 3.47. The highest BCUT2D eigenvalue weighted by Crippen LogP contribution is 2.37. The number of nitrogens with zero attached hydrogens (tertiary/aromatic N) is 1. The lowest BCUT2D eigenvalue weighted by Crippen LogP contribution is -2.44. The van der Waals surface area contributed by atoms with Crippen LogP contribution in [0.5, 0.6) is 5.88 Å². The number of carbonyl (C=O) groups excluding carboxylic acids is 1. The lowest BCUT2D eigenvalue weighted by atomic mass is 10.2. The van der Waals surface area contributed by atoms with E-state index >= 15 is 0 Å². The summed E-state index contributed by atoms with van der Waals surface area (Å²) in [4.78, 5) is 12.2. The fourth-order valence-corrected chi connectivity index (χ4v) is 2.32. The number of rotatable bonds is 2. The molecular formula is C15H27NO3Si. The van der Waals surface area contributed by atoms with Gasteiger partial charge in [0.15, 0.2) is 5.88 Å². The van der Waals surface area contributed by atoms with Gasteiger partial charge in [-0.1, -0.05) is 20.8 Å². The summed E-state index contributed by atoms with van der Waals surface area (Å²) in [5.41, 5.74) is -0.518. The molecule has 0 bridgehead atoms. The molecule has 0 aliphatic rings. The zero-order valence-corrected chi connectivity index (χ0v) is 14.9. The van der Waals surface area contributed by atoms with E-state index in [1.807, 2.05) is 26.8 Å². The first-order chi connectivity index (χ1) is 8.83. The maximum atomic E-state index is 12.2. The molecule has 5 heteroatoms. The Morgan fingerprint density at radius 1 is 1.15 bits per heavy atom. The van der Waals surface area contributed by atoms with Gasteiger partial charge in [-0.05, 0) is 51.0 Å². The van der Waals surface area contributed by atoms with E-state index in [-0.39, 0.29) is 5.04 Å². The third kappa shape index (κ3) is 4.13. The lowest BCUT2D eigenvalue weighted by Gasteiger charge is -2.36. The normalized spacial score (nSPS) is 13.2. The largest absolute Gasteiger partial charge is 0.531 e. The van der Waals surface area contributed by atoms with E-state index < -0.39 is 20.0 Å². The molecule has 1 aromatic rings. The molecule has 0 aromatic carbocycles. The smallest absolute Gasteiger partial charge is 0.421 e. The van der Waals surface area contributed by atoms with Gasteiger partial charge in [0.1, 0.15) is 5.60 Å². The highest BCUT2D eigenvalue weighted by molar-refractivity contribution is 6.74. The van der Waals surface area contributed by atoms with E-state index in [1.54, 1.807) is 12.3 Å². The molecule has 0 atom stereocenters. The van der Waals surface area contributed by atoms with Gasteiger partial charge in [-0.3, -0.25) is 0 Å². The summed E-state index contributed by atoms with van der Waals surface area (Å²) in [6.07, 6.45) is 1.27. The van der Waals surface area contributed by atoms with Crippen LogP contribution in [0.3, 0.4) is 0 Å². The van der Waals surface area contributed by atoms with Gasteiger partial charge in [0, 0.05) is 6.20 Å². The second-order valence-corrected chi connectivity index (χ2v) is 12.3. The molecule has 0 radical (unpaired) electrons. The van der Waals surface area contributed by atoms with E-state index in [4.69, 9.17) is 9.16 Å². The summed E-state index contributed by atoms with van der Waals surface area (Å²) in [7, 11) is -1.97. The van der Waals surface area contributed by atoms with Crippen molar-refractivity contribution in [1.29, 1.82) is 0 Å². The van der Waals surface area contributed by atoms with Gasteiger partial charge in [0.25, 0.3) is 8.32 Å². The molecule has 114 valence electrons. The maximum absolute atomic E-state index is 12.2. The summed E-state index contributed by atoms with van der Waals surface area (Å²) < 4.78 is 13.0. The highest BCUT2D eigenvalue weighted by atomic mass is 28.4. The molecule has 0 spiro atoms. The molecule has 0 fully saturated rings. The zero-order valence-electron chi connectivity index (χ0n) is 13.9. The molecule has 0 N–H and O–H groups in total. The second kappa shape index (κ2) is 5.28. The van der Waals surface area contributed by atoms with E-state index in [0.29, 0.717) is 5.88 Å². The fourth-order valence-electron chi connectivity index (χ4n) is 1.32. The lowest BCUT2D eigenvalue weighted by molar-refractivity contribution is 0.0529. The molecule has 0 saturated carbocycles. The van der Waals surface area contributed by atoms with E-state index in [9.17, 15) is 4.79 Å². The molecule has 0 aliphatic heterocycles. The van der Waals surface area contributed by atoms with Crippen molar-refractivity contribution < 1.29 is 14.0 Å². The van der Waals surface area contributed by atoms with Crippen molar-refractivity contribution in [2.24, 2.45) is 0 Å². The minimum atomic E-state index is -1.97. The Kier molecular flexibility index (Phi) is 4.44. The van der Waals surface area contributed by atoms with Crippen molar-refractivity contribution in [3.05, 3.63) is 18.3 Å². The topological polar surface area (TPSA) is 40.5 Å². The van der Waals surface area contributed by atoms with Crippen molar-refractivity contribution in [2.75, 3.05) is 0 Å². The zero-order chi connectivity index (χ0) is 15.8. The van der Waals surface area contributed by atoms with Crippen LogP contribution in [0.25, 0.3) is 0 Å². The van der Waals surface area contributed by atoms with E-state index in [2.05, 4.69) is 33.9 Å². The van der Waals surface area contributed by atoms with Crippen LogP contribution in [0.2, 0.25) is 18.1 Å². The first kappa shape index (κ1) is 16.8. The number of carbonyl (C=O) groups is 1. The molecule has 1 rings (SSSR count). The molecule has 0 unspecified atom stereocenters. The van der Waals surface area contributed by atoms with Crippen LogP contribution >= 0.6 is 0 Å². The SMILES string of the molecule is CC(C)(C)OC(=O)n1cccc1O[Si](C)(C)C(C)(C)C. The minimum Gasteiger partial charge on any atom is -0.531 e. The van der Waals surface area contributed by atoms with Crippen LogP contribution in [-0.4, -0.2) is 24.6 Å². The van der Waals surface area contributed by atoms with Gasteiger partial charge in [0.2, 0.25) is 0 Å². The average Bonchev–Trinajstić information content (AvgIpc) is 2.60. The van der Waals surface area contributed by atoms with Crippen molar-refractivity contribution in [2.45, 2.75) is 65.3 Å². The van der Waals surface area contributed by atoms with Crippen LogP contribution in [0.1, 0.15) is 41.5 Å². The van der Waals surface area contributed by atoms with Gasteiger partial charge in [-0.25, -0.2) is 9.36 Å². The number of ether oxygens (including phenoxy) is 1. The van der Waals surface area contributed by atoms with Crippen molar-refractivity contribution >= 4 is 14.4 Å².